The Morgan fingerprint density at radius 1 is 0.760 bits per heavy atom. The average molecular weight is 381 g/mol. The Kier molecular flexibility index (Phi) is 12.1. The van der Waals surface area contributed by atoms with Crippen LogP contribution in [-0.4, -0.2) is 20.1 Å². The van der Waals surface area contributed by atoms with E-state index in [9.17, 15) is 0 Å². The third kappa shape index (κ3) is 9.66. The maximum Gasteiger partial charge on any atom is 0.118 e. The van der Waals surface area contributed by atoms with Gasteiger partial charge in [-0.25, -0.2) is 0 Å². The first-order chi connectivity index (χ1) is 12.2. The fourth-order valence-electron chi connectivity index (χ4n) is 2.07. The smallest absolute Gasteiger partial charge is 0.118 e. The first-order valence-corrected chi connectivity index (χ1v) is 10.3. The summed E-state index contributed by atoms with van der Waals surface area (Å²) in [6, 6.07) is 16.5. The molecule has 25 heavy (non-hydrogen) atoms. The highest BCUT2D eigenvalue weighted by atomic mass is 35.5. The SMILES string of the molecule is CCCCCCl.COc1ccc(CSCc2ccc(OC)cc2)cc1. The number of ether oxygens (including phenoxy) is 2. The van der Waals surface area contributed by atoms with Crippen molar-refractivity contribution in [2.45, 2.75) is 37.7 Å². The largest absolute Gasteiger partial charge is 0.497 e. The van der Waals surface area contributed by atoms with E-state index >= 15 is 0 Å². The maximum absolute atomic E-state index is 5.38. The number of alkyl halides is 1. The minimum absolute atomic E-state index is 0.827. The van der Waals surface area contributed by atoms with E-state index in [0.29, 0.717) is 0 Å². The lowest BCUT2D eigenvalue weighted by molar-refractivity contribution is 0.414. The highest BCUT2D eigenvalue weighted by Gasteiger charge is 1.98. The molecule has 4 heteroatoms. The van der Waals surface area contributed by atoms with Crippen molar-refractivity contribution >= 4 is 23.4 Å². The molecule has 0 aliphatic rings. The highest BCUT2D eigenvalue weighted by Crippen LogP contribution is 2.21. The van der Waals surface area contributed by atoms with E-state index in [4.69, 9.17) is 21.1 Å². The molecule has 0 heterocycles. The molecular weight excluding hydrogens is 352 g/mol. The van der Waals surface area contributed by atoms with Gasteiger partial charge in [0.2, 0.25) is 0 Å². The number of unbranched alkanes of at least 4 members (excludes halogenated alkanes) is 2. The number of thioether (sulfide) groups is 1. The van der Waals surface area contributed by atoms with Crippen LogP contribution in [0.25, 0.3) is 0 Å². The molecule has 0 atom stereocenters. The summed E-state index contributed by atoms with van der Waals surface area (Å²) in [6.45, 7) is 2.17. The quantitative estimate of drug-likeness (QED) is 0.363. The fraction of sp³-hybridized carbons (Fsp3) is 0.429. The van der Waals surface area contributed by atoms with Crippen LogP contribution in [0.15, 0.2) is 48.5 Å². The van der Waals surface area contributed by atoms with Crippen LogP contribution in [-0.2, 0) is 11.5 Å². The van der Waals surface area contributed by atoms with Crippen LogP contribution in [0.4, 0.5) is 0 Å². The van der Waals surface area contributed by atoms with Crippen LogP contribution >= 0.6 is 23.4 Å². The van der Waals surface area contributed by atoms with Crippen LogP contribution in [0.3, 0.4) is 0 Å². The number of hydrogen-bond acceptors (Lipinski definition) is 3. The van der Waals surface area contributed by atoms with E-state index in [-0.39, 0.29) is 0 Å². The number of hydrogen-bond donors (Lipinski definition) is 0. The number of halogens is 1. The van der Waals surface area contributed by atoms with Gasteiger partial charge in [-0.05, 0) is 41.8 Å². The molecule has 2 aromatic carbocycles. The molecule has 0 aliphatic heterocycles. The van der Waals surface area contributed by atoms with Crippen molar-refractivity contribution in [3.05, 3.63) is 59.7 Å². The predicted molar refractivity (Wildman–Crippen MR) is 111 cm³/mol. The van der Waals surface area contributed by atoms with Gasteiger partial charge in [0.25, 0.3) is 0 Å². The number of rotatable bonds is 9. The zero-order chi connectivity index (χ0) is 18.3. The third-order valence-corrected chi connectivity index (χ3v) is 4.93. The van der Waals surface area contributed by atoms with Crippen molar-refractivity contribution in [3.63, 3.8) is 0 Å². The van der Waals surface area contributed by atoms with Crippen LogP contribution in [0.1, 0.15) is 37.3 Å². The second-order valence-corrected chi connectivity index (χ2v) is 6.95. The highest BCUT2D eigenvalue weighted by molar-refractivity contribution is 7.97. The zero-order valence-corrected chi connectivity index (χ0v) is 17.0. The Morgan fingerprint density at radius 2 is 1.20 bits per heavy atom. The molecule has 0 radical (unpaired) electrons. The Balaban J connectivity index is 0.000000450. The second kappa shape index (κ2) is 13.9. The van der Waals surface area contributed by atoms with Gasteiger partial charge in [-0.1, -0.05) is 44.0 Å². The summed E-state index contributed by atoms with van der Waals surface area (Å²) in [5.41, 5.74) is 2.64. The topological polar surface area (TPSA) is 18.5 Å². The molecule has 0 aromatic heterocycles. The molecule has 2 rings (SSSR count). The Hall–Kier alpha value is -1.32. The molecular formula is C21H29ClO2S. The molecule has 0 spiro atoms. The van der Waals surface area contributed by atoms with Gasteiger partial charge in [-0.2, -0.15) is 11.8 Å². The molecule has 2 aromatic rings. The van der Waals surface area contributed by atoms with Crippen LogP contribution < -0.4 is 9.47 Å². The van der Waals surface area contributed by atoms with E-state index in [1.54, 1.807) is 14.2 Å². The molecule has 0 saturated carbocycles. The Labute approximate surface area is 161 Å². The molecule has 0 unspecified atom stereocenters. The van der Waals surface area contributed by atoms with Gasteiger partial charge < -0.3 is 9.47 Å². The summed E-state index contributed by atoms with van der Waals surface area (Å²) < 4.78 is 10.3. The number of benzene rings is 2. The molecule has 0 saturated heterocycles. The standard InChI is InChI=1S/C16H18O2S.C5H11Cl/c1-17-15-7-3-13(4-8-15)11-19-12-14-5-9-16(18-2)10-6-14;1-2-3-4-5-6/h3-10H,11-12H2,1-2H3;2-5H2,1H3. The predicted octanol–water partition coefficient (Wildman–Crippen LogP) is 6.55. The van der Waals surface area contributed by atoms with E-state index in [2.05, 4.69) is 31.2 Å². The van der Waals surface area contributed by atoms with Crippen molar-refractivity contribution in [1.29, 1.82) is 0 Å². The summed E-state index contributed by atoms with van der Waals surface area (Å²) in [6.07, 6.45) is 3.73. The van der Waals surface area contributed by atoms with Gasteiger partial charge in [-0.3, -0.25) is 0 Å². The zero-order valence-electron chi connectivity index (χ0n) is 15.5. The first-order valence-electron chi connectivity index (χ1n) is 8.63. The van der Waals surface area contributed by atoms with Gasteiger partial charge in [0.05, 0.1) is 14.2 Å². The summed E-state index contributed by atoms with van der Waals surface area (Å²) in [5, 5.41) is 0. The second-order valence-electron chi connectivity index (χ2n) is 5.59. The third-order valence-electron chi connectivity index (χ3n) is 3.59. The van der Waals surface area contributed by atoms with Gasteiger partial charge in [0.15, 0.2) is 0 Å². The van der Waals surface area contributed by atoms with Crippen molar-refractivity contribution in [2.24, 2.45) is 0 Å². The monoisotopic (exact) mass is 380 g/mol. The van der Waals surface area contributed by atoms with E-state index in [0.717, 1.165) is 28.9 Å². The molecule has 0 aliphatic carbocycles. The lowest BCUT2D eigenvalue weighted by Gasteiger charge is -2.05. The summed E-state index contributed by atoms with van der Waals surface area (Å²) in [5.74, 6) is 4.66. The van der Waals surface area contributed by atoms with Crippen LogP contribution in [0.5, 0.6) is 11.5 Å². The molecule has 0 amide bonds. The number of methoxy groups -OCH3 is 2. The summed E-state index contributed by atoms with van der Waals surface area (Å²) in [7, 11) is 3.38. The van der Waals surface area contributed by atoms with Gasteiger partial charge in [0.1, 0.15) is 11.5 Å². The van der Waals surface area contributed by atoms with Crippen LogP contribution in [0, 0.1) is 0 Å². The minimum Gasteiger partial charge on any atom is -0.497 e. The van der Waals surface area contributed by atoms with Crippen molar-refractivity contribution < 1.29 is 9.47 Å². The normalized spacial score (nSPS) is 9.92. The van der Waals surface area contributed by atoms with Crippen molar-refractivity contribution in [1.82, 2.24) is 0 Å². The molecule has 0 N–H and O–H groups in total. The molecule has 0 fully saturated rings. The Morgan fingerprint density at radius 3 is 1.48 bits per heavy atom. The van der Waals surface area contributed by atoms with Gasteiger partial charge in [0, 0.05) is 17.4 Å². The fourth-order valence-corrected chi connectivity index (χ4v) is 3.22. The summed E-state index contributed by atoms with van der Waals surface area (Å²) in [4.78, 5) is 0. The van der Waals surface area contributed by atoms with Gasteiger partial charge in [-0.15, -0.1) is 11.6 Å². The van der Waals surface area contributed by atoms with Gasteiger partial charge >= 0.3 is 0 Å². The molecule has 0 bridgehead atoms. The first kappa shape index (κ1) is 21.7. The molecule has 2 nitrogen and oxygen atoms in total. The lowest BCUT2D eigenvalue weighted by atomic mass is 10.2. The minimum atomic E-state index is 0.827. The Bertz CT molecular complexity index is 504. The van der Waals surface area contributed by atoms with Crippen LogP contribution in [0.2, 0.25) is 0 Å². The summed E-state index contributed by atoms with van der Waals surface area (Å²) >= 11 is 7.29. The van der Waals surface area contributed by atoms with E-state index < -0.39 is 0 Å². The van der Waals surface area contributed by atoms with E-state index in [1.807, 2.05) is 36.0 Å². The molecule has 138 valence electrons. The lowest BCUT2D eigenvalue weighted by Crippen LogP contribution is -1.86. The van der Waals surface area contributed by atoms with E-state index in [1.165, 1.54) is 30.4 Å². The van der Waals surface area contributed by atoms with Crippen molar-refractivity contribution in [3.8, 4) is 11.5 Å². The maximum atomic E-state index is 5.38. The van der Waals surface area contributed by atoms with Crippen molar-refractivity contribution in [2.75, 3.05) is 20.1 Å². The average Bonchev–Trinajstić information content (AvgIpc) is 2.68.